The molecule has 0 atom stereocenters. The van der Waals surface area contributed by atoms with Crippen LogP contribution in [-0.2, 0) is 0 Å². The molecular weight excluding hydrogens is 663 g/mol. The third-order valence-corrected chi connectivity index (χ3v) is 10.7. The van der Waals surface area contributed by atoms with Gasteiger partial charge in [0.25, 0.3) is 0 Å². The van der Waals surface area contributed by atoms with Crippen LogP contribution >= 0.6 is 11.3 Å². The van der Waals surface area contributed by atoms with Gasteiger partial charge >= 0.3 is 0 Å². The van der Waals surface area contributed by atoms with Crippen LogP contribution in [0.5, 0.6) is 0 Å². The van der Waals surface area contributed by atoms with Crippen molar-refractivity contribution in [2.45, 2.75) is 13.8 Å². The minimum atomic E-state index is 0.552. The molecule has 0 unspecified atom stereocenters. The Labute approximate surface area is 314 Å². The Kier molecular flexibility index (Phi) is 10.7. The molecule has 10 aromatic rings. The summed E-state index contributed by atoms with van der Waals surface area (Å²) < 4.78 is 2.60. The fourth-order valence-electron chi connectivity index (χ4n) is 7.23. The van der Waals surface area contributed by atoms with E-state index < -0.39 is 0 Å². The van der Waals surface area contributed by atoms with Crippen LogP contribution in [0.1, 0.15) is 25.0 Å². The van der Waals surface area contributed by atoms with Gasteiger partial charge in [-0.25, -0.2) is 0 Å². The molecule has 5 N–H and O–H groups in total. The van der Waals surface area contributed by atoms with E-state index in [2.05, 4.69) is 194 Å². The molecule has 1 aromatic heterocycles. The van der Waals surface area contributed by atoms with Gasteiger partial charge in [0.05, 0.1) is 5.71 Å². The van der Waals surface area contributed by atoms with Crippen LogP contribution in [0.4, 0.5) is 0 Å². The maximum Gasteiger partial charge on any atom is 0.0691 e. The predicted molar refractivity (Wildman–Crippen MR) is 233 cm³/mol. The standard InChI is InChI=1S/C33H21NS.C14H10.C2H6.H4N2/c34-33(29-20-22-9-1-2-12-24(22)26-13-3-4-14-27(26)29)23-11-7-10-21(19-23)25-16-8-18-31-32(25)28-15-5-6-17-30(28)35-31;1-3-7-13-11(5-1)9-10-12-6-2-4-8-14(12)13;2*1-2/h1-20,34H;1-10H;1-2H3;1-2H2. The quantitative estimate of drug-likeness (QED) is 0.0741. The highest BCUT2D eigenvalue weighted by molar-refractivity contribution is 7.25. The predicted octanol–water partition coefficient (Wildman–Crippen LogP) is 13.3. The molecule has 0 radical (unpaired) electrons. The van der Waals surface area contributed by atoms with Crippen molar-refractivity contribution in [1.29, 1.82) is 5.41 Å². The molecule has 0 spiro atoms. The van der Waals surface area contributed by atoms with Crippen LogP contribution in [-0.4, -0.2) is 5.71 Å². The largest absolute Gasteiger partial charge is 0.300 e. The first-order valence-corrected chi connectivity index (χ1v) is 18.7. The van der Waals surface area contributed by atoms with E-state index in [1.54, 1.807) is 0 Å². The molecule has 0 bridgehead atoms. The average Bonchev–Trinajstić information content (AvgIpc) is 3.64. The van der Waals surface area contributed by atoms with Crippen LogP contribution in [0.2, 0.25) is 0 Å². The maximum atomic E-state index is 9.25. The summed E-state index contributed by atoms with van der Waals surface area (Å²) in [6, 6.07) is 64.1. The molecule has 258 valence electrons. The summed E-state index contributed by atoms with van der Waals surface area (Å²) >= 11 is 1.84. The molecule has 0 aliphatic heterocycles. The summed E-state index contributed by atoms with van der Waals surface area (Å²) in [4.78, 5) is 0. The fraction of sp³-hybridized carbons (Fsp3) is 0.0408. The molecule has 0 saturated carbocycles. The molecule has 0 aliphatic rings. The van der Waals surface area contributed by atoms with Crippen molar-refractivity contribution in [3.05, 3.63) is 193 Å². The first-order chi connectivity index (χ1) is 26.2. The Morgan fingerprint density at radius 2 is 0.925 bits per heavy atom. The van der Waals surface area contributed by atoms with E-state index in [-0.39, 0.29) is 0 Å². The summed E-state index contributed by atoms with van der Waals surface area (Å²) in [7, 11) is 0. The molecule has 3 nitrogen and oxygen atoms in total. The van der Waals surface area contributed by atoms with Crippen LogP contribution < -0.4 is 11.7 Å². The molecule has 9 aromatic carbocycles. The van der Waals surface area contributed by atoms with E-state index in [1.165, 1.54) is 58.1 Å². The van der Waals surface area contributed by atoms with Gasteiger partial charge in [-0.05, 0) is 78.5 Å². The zero-order chi connectivity index (χ0) is 36.7. The highest BCUT2D eigenvalue weighted by Gasteiger charge is 2.15. The molecule has 10 rings (SSSR count). The van der Waals surface area contributed by atoms with Crippen molar-refractivity contribution in [1.82, 2.24) is 0 Å². The monoisotopic (exact) mass is 703 g/mol. The minimum Gasteiger partial charge on any atom is -0.300 e. The van der Waals surface area contributed by atoms with E-state index in [0.717, 1.165) is 27.5 Å². The van der Waals surface area contributed by atoms with E-state index >= 15 is 0 Å². The molecule has 53 heavy (non-hydrogen) atoms. The fourth-order valence-corrected chi connectivity index (χ4v) is 8.36. The first-order valence-electron chi connectivity index (χ1n) is 17.9. The Balaban J connectivity index is 0.000000201. The second-order valence-electron chi connectivity index (χ2n) is 12.4. The zero-order valence-electron chi connectivity index (χ0n) is 29.9. The number of hydrazine groups is 1. The Hall–Kier alpha value is -6.17. The van der Waals surface area contributed by atoms with Crippen LogP contribution in [0, 0.1) is 5.41 Å². The van der Waals surface area contributed by atoms with Gasteiger partial charge in [0.1, 0.15) is 0 Å². The number of fused-ring (bicyclic) bond motifs is 9. The van der Waals surface area contributed by atoms with Gasteiger partial charge in [0.2, 0.25) is 0 Å². The normalized spacial score (nSPS) is 10.7. The Morgan fingerprint density at radius 3 is 1.58 bits per heavy atom. The van der Waals surface area contributed by atoms with Gasteiger partial charge in [0.15, 0.2) is 0 Å². The molecule has 0 aliphatic carbocycles. The second-order valence-corrected chi connectivity index (χ2v) is 13.5. The van der Waals surface area contributed by atoms with Gasteiger partial charge in [-0.1, -0.05) is 172 Å². The van der Waals surface area contributed by atoms with Crippen molar-refractivity contribution in [2.24, 2.45) is 11.7 Å². The molecule has 0 saturated heterocycles. The van der Waals surface area contributed by atoms with Gasteiger partial charge in [-0.2, -0.15) is 0 Å². The summed E-state index contributed by atoms with van der Waals surface area (Å²) in [5.74, 6) is 8.00. The van der Waals surface area contributed by atoms with Crippen molar-refractivity contribution in [2.75, 3.05) is 0 Å². The highest BCUT2D eigenvalue weighted by Crippen LogP contribution is 2.40. The number of benzene rings is 9. The van der Waals surface area contributed by atoms with Crippen molar-refractivity contribution >= 4 is 80.3 Å². The molecule has 4 heteroatoms. The summed E-state index contributed by atoms with van der Waals surface area (Å²) in [5, 5.41) is 21.8. The minimum absolute atomic E-state index is 0.552. The van der Waals surface area contributed by atoms with Crippen molar-refractivity contribution < 1.29 is 0 Å². The molecule has 0 amide bonds. The van der Waals surface area contributed by atoms with Crippen molar-refractivity contribution in [3.63, 3.8) is 0 Å². The maximum absolute atomic E-state index is 9.25. The SMILES string of the molecule is CC.N=C(c1cccc(-c2cccc3sc4ccccc4c23)c1)c1cc2ccccc2c2ccccc12.NN.c1ccc2c(c1)ccc1ccccc12. The molecular formula is C49H41N3S. The number of nitrogens with one attached hydrogen (secondary N) is 1. The lowest BCUT2D eigenvalue weighted by Gasteiger charge is -2.13. The Bertz CT molecular complexity index is 2810. The number of hydrogen-bond donors (Lipinski definition) is 3. The van der Waals surface area contributed by atoms with Gasteiger partial charge in [0, 0.05) is 31.3 Å². The lowest BCUT2D eigenvalue weighted by molar-refractivity contribution is 1.26. The summed E-state index contributed by atoms with van der Waals surface area (Å²) in [6.45, 7) is 4.00. The van der Waals surface area contributed by atoms with Gasteiger partial charge < -0.3 is 0 Å². The Morgan fingerprint density at radius 1 is 0.434 bits per heavy atom. The van der Waals surface area contributed by atoms with E-state index in [0.29, 0.717) is 5.71 Å². The average molecular weight is 704 g/mol. The topological polar surface area (TPSA) is 75.9 Å². The molecule has 1 heterocycles. The van der Waals surface area contributed by atoms with Crippen LogP contribution in [0.15, 0.2) is 182 Å². The smallest absolute Gasteiger partial charge is 0.0691 e. The van der Waals surface area contributed by atoms with E-state index in [1.807, 2.05) is 25.2 Å². The van der Waals surface area contributed by atoms with E-state index in [9.17, 15) is 5.41 Å². The number of thiophene rings is 1. The number of hydrogen-bond acceptors (Lipinski definition) is 4. The highest BCUT2D eigenvalue weighted by atomic mass is 32.1. The summed E-state index contributed by atoms with van der Waals surface area (Å²) in [5.41, 5.74) is 4.82. The first kappa shape index (κ1) is 35.2. The second kappa shape index (κ2) is 16.0. The van der Waals surface area contributed by atoms with Gasteiger partial charge in [-0.15, -0.1) is 11.3 Å². The van der Waals surface area contributed by atoms with Crippen molar-refractivity contribution in [3.8, 4) is 11.1 Å². The lowest BCUT2D eigenvalue weighted by atomic mass is 9.91. The summed E-state index contributed by atoms with van der Waals surface area (Å²) in [6.07, 6.45) is 0. The zero-order valence-corrected chi connectivity index (χ0v) is 30.7. The third-order valence-electron chi connectivity index (χ3n) is 9.56. The van der Waals surface area contributed by atoms with Crippen LogP contribution in [0.25, 0.3) is 74.4 Å². The van der Waals surface area contributed by atoms with E-state index in [4.69, 9.17) is 0 Å². The molecule has 0 fully saturated rings. The van der Waals surface area contributed by atoms with Gasteiger partial charge in [-0.3, -0.25) is 17.1 Å². The van der Waals surface area contributed by atoms with Crippen LogP contribution in [0.3, 0.4) is 0 Å². The lowest BCUT2D eigenvalue weighted by Crippen LogP contribution is -2.03. The number of rotatable bonds is 3. The number of nitrogens with two attached hydrogens (primary N) is 2. The third kappa shape index (κ3) is 6.79.